The third-order valence-corrected chi connectivity index (χ3v) is 2.20. The first-order valence-electron chi connectivity index (χ1n) is 4.69. The number of hydrogen-bond acceptors (Lipinski definition) is 2. The molecule has 0 aromatic heterocycles. The van der Waals surface area contributed by atoms with E-state index in [9.17, 15) is 9.59 Å². The molecule has 14 heavy (non-hydrogen) atoms. The predicted octanol–water partition coefficient (Wildman–Crippen LogP) is -0.300. The summed E-state index contributed by atoms with van der Waals surface area (Å²) in [4.78, 5) is 25.3. The van der Waals surface area contributed by atoms with Gasteiger partial charge in [0, 0.05) is 26.2 Å². The lowest BCUT2D eigenvalue weighted by molar-refractivity contribution is -0.125. The fraction of sp³-hybridized carbons (Fsp3) is 0.600. The molecule has 1 aliphatic heterocycles. The highest BCUT2D eigenvalue weighted by molar-refractivity contribution is 5.93. The van der Waals surface area contributed by atoms with Gasteiger partial charge in [-0.15, -0.1) is 0 Å². The van der Waals surface area contributed by atoms with E-state index < -0.39 is 0 Å². The van der Waals surface area contributed by atoms with Crippen molar-refractivity contribution in [1.82, 2.24) is 9.80 Å². The molecule has 0 saturated carbocycles. The zero-order valence-corrected chi connectivity index (χ0v) is 8.32. The van der Waals surface area contributed by atoms with Crippen LogP contribution in [-0.4, -0.2) is 48.3 Å². The van der Waals surface area contributed by atoms with Crippen LogP contribution in [0.5, 0.6) is 0 Å². The van der Waals surface area contributed by atoms with Crippen LogP contribution in [0.4, 0.5) is 0 Å². The van der Waals surface area contributed by atoms with Gasteiger partial charge in [-0.25, -0.2) is 0 Å². The van der Waals surface area contributed by atoms with Crippen molar-refractivity contribution in [3.63, 3.8) is 0 Å². The second-order valence-electron chi connectivity index (χ2n) is 3.16. The highest BCUT2D eigenvalue weighted by Gasteiger charge is 2.16. The molecule has 0 spiro atoms. The third-order valence-electron chi connectivity index (χ3n) is 2.20. The Balaban J connectivity index is 2.51. The number of carbonyl (C=O) groups excluding carboxylic acids is 2. The molecule has 0 atom stereocenters. The molecule has 0 radical (unpaired) electrons. The molecule has 0 aromatic carbocycles. The number of nitrogens with zero attached hydrogens (tertiary/aromatic N) is 2. The fourth-order valence-corrected chi connectivity index (χ4v) is 1.43. The minimum absolute atomic E-state index is 0.139. The van der Waals surface area contributed by atoms with Crippen LogP contribution in [0.2, 0.25) is 0 Å². The molecule has 0 aliphatic carbocycles. The Kier molecular flexibility index (Phi) is 3.99. The van der Waals surface area contributed by atoms with Crippen molar-refractivity contribution >= 4 is 12.3 Å². The van der Waals surface area contributed by atoms with E-state index in [1.165, 1.54) is 0 Å². The van der Waals surface area contributed by atoms with Crippen LogP contribution in [0, 0.1) is 11.8 Å². The van der Waals surface area contributed by atoms with E-state index in [0.717, 1.165) is 19.4 Å². The number of hydrogen-bond donors (Lipinski definition) is 0. The van der Waals surface area contributed by atoms with Crippen LogP contribution in [0.1, 0.15) is 13.3 Å². The van der Waals surface area contributed by atoms with E-state index >= 15 is 0 Å². The first kappa shape index (κ1) is 10.6. The van der Waals surface area contributed by atoms with Gasteiger partial charge in [0.15, 0.2) is 0 Å². The van der Waals surface area contributed by atoms with Gasteiger partial charge in [-0.05, 0) is 19.3 Å². The lowest BCUT2D eigenvalue weighted by Crippen LogP contribution is -2.34. The summed E-state index contributed by atoms with van der Waals surface area (Å²) in [6.07, 6.45) is 1.66. The molecule has 0 aromatic rings. The summed E-state index contributed by atoms with van der Waals surface area (Å²) in [7, 11) is 0. The summed E-state index contributed by atoms with van der Waals surface area (Å²) in [6.45, 7) is 4.27. The highest BCUT2D eigenvalue weighted by Crippen LogP contribution is 2.01. The average Bonchev–Trinajstić information content (AvgIpc) is 2.42. The fourth-order valence-electron chi connectivity index (χ4n) is 1.43. The molecule has 4 heteroatoms. The third kappa shape index (κ3) is 2.77. The summed E-state index contributed by atoms with van der Waals surface area (Å²) in [5, 5.41) is 0. The van der Waals surface area contributed by atoms with Crippen molar-refractivity contribution in [3.05, 3.63) is 0 Å². The van der Waals surface area contributed by atoms with Gasteiger partial charge in [0.2, 0.25) is 6.41 Å². The van der Waals surface area contributed by atoms with Crippen LogP contribution >= 0.6 is 0 Å². The molecule has 1 saturated heterocycles. The molecule has 0 N–H and O–H groups in total. The Morgan fingerprint density at radius 1 is 1.29 bits per heavy atom. The molecule has 0 unspecified atom stereocenters. The maximum atomic E-state index is 11.4. The minimum Gasteiger partial charge on any atom is -0.343 e. The predicted molar refractivity (Wildman–Crippen MR) is 52.3 cm³/mol. The van der Waals surface area contributed by atoms with Gasteiger partial charge in [-0.3, -0.25) is 9.59 Å². The molecular weight excluding hydrogens is 180 g/mol. The van der Waals surface area contributed by atoms with Gasteiger partial charge >= 0.3 is 0 Å². The van der Waals surface area contributed by atoms with Crippen LogP contribution < -0.4 is 0 Å². The van der Waals surface area contributed by atoms with E-state index in [1.807, 2.05) is 0 Å². The van der Waals surface area contributed by atoms with Crippen molar-refractivity contribution in [2.24, 2.45) is 0 Å². The van der Waals surface area contributed by atoms with Gasteiger partial charge < -0.3 is 9.80 Å². The molecule has 1 aliphatic rings. The normalized spacial score (nSPS) is 16.6. The Labute approximate surface area is 83.9 Å². The highest BCUT2D eigenvalue weighted by atomic mass is 16.2. The Morgan fingerprint density at radius 2 is 2.07 bits per heavy atom. The lowest BCUT2D eigenvalue weighted by atomic mass is 10.4. The Bertz CT molecular complexity index is 278. The standard InChI is InChI=1S/C10H14N2O2/c1-2-4-10(14)12-6-3-5-11(9-13)7-8-12/h9H,3,5-8H2,1H3. The van der Waals surface area contributed by atoms with Crippen molar-refractivity contribution < 1.29 is 9.59 Å². The monoisotopic (exact) mass is 194 g/mol. The molecule has 1 heterocycles. The number of carbonyl (C=O) groups is 2. The summed E-state index contributed by atoms with van der Waals surface area (Å²) in [6, 6.07) is 0. The van der Waals surface area contributed by atoms with Crippen molar-refractivity contribution in [3.8, 4) is 11.8 Å². The van der Waals surface area contributed by atoms with Crippen LogP contribution in [0.25, 0.3) is 0 Å². The van der Waals surface area contributed by atoms with Crippen molar-refractivity contribution in [1.29, 1.82) is 0 Å². The molecule has 1 rings (SSSR count). The zero-order chi connectivity index (χ0) is 10.4. The van der Waals surface area contributed by atoms with E-state index in [4.69, 9.17) is 0 Å². The smallest absolute Gasteiger partial charge is 0.298 e. The second kappa shape index (κ2) is 5.28. The zero-order valence-electron chi connectivity index (χ0n) is 8.32. The summed E-state index contributed by atoms with van der Waals surface area (Å²) in [5.74, 6) is 4.95. The SMILES string of the molecule is CC#CC(=O)N1CCCN(C=O)CC1. The maximum Gasteiger partial charge on any atom is 0.298 e. The summed E-state index contributed by atoms with van der Waals surface area (Å²) < 4.78 is 0. The van der Waals surface area contributed by atoms with Gasteiger partial charge in [0.1, 0.15) is 0 Å². The lowest BCUT2D eigenvalue weighted by Gasteiger charge is -2.17. The molecule has 4 nitrogen and oxygen atoms in total. The Morgan fingerprint density at radius 3 is 2.71 bits per heavy atom. The minimum atomic E-state index is -0.139. The average molecular weight is 194 g/mol. The Hall–Kier alpha value is -1.50. The summed E-state index contributed by atoms with van der Waals surface area (Å²) in [5.41, 5.74) is 0. The summed E-state index contributed by atoms with van der Waals surface area (Å²) >= 11 is 0. The topological polar surface area (TPSA) is 40.6 Å². The number of amides is 2. The quantitative estimate of drug-likeness (QED) is 0.425. The van der Waals surface area contributed by atoms with Gasteiger partial charge in [0.25, 0.3) is 5.91 Å². The van der Waals surface area contributed by atoms with Crippen molar-refractivity contribution in [2.75, 3.05) is 26.2 Å². The molecule has 0 bridgehead atoms. The van der Waals surface area contributed by atoms with Crippen LogP contribution in [0.15, 0.2) is 0 Å². The van der Waals surface area contributed by atoms with Crippen molar-refractivity contribution in [2.45, 2.75) is 13.3 Å². The molecule has 76 valence electrons. The second-order valence-corrected chi connectivity index (χ2v) is 3.16. The van der Waals surface area contributed by atoms with E-state index in [-0.39, 0.29) is 5.91 Å². The largest absolute Gasteiger partial charge is 0.343 e. The van der Waals surface area contributed by atoms with E-state index in [0.29, 0.717) is 19.6 Å². The molecule has 1 fully saturated rings. The van der Waals surface area contributed by atoms with E-state index in [1.54, 1.807) is 16.7 Å². The maximum absolute atomic E-state index is 11.4. The number of rotatable bonds is 1. The molecular formula is C10H14N2O2. The van der Waals surface area contributed by atoms with Gasteiger partial charge in [-0.2, -0.15) is 0 Å². The first-order valence-corrected chi connectivity index (χ1v) is 4.69. The van der Waals surface area contributed by atoms with Crippen LogP contribution in [0.3, 0.4) is 0 Å². The van der Waals surface area contributed by atoms with Gasteiger partial charge in [-0.1, -0.05) is 5.92 Å². The van der Waals surface area contributed by atoms with Crippen LogP contribution in [-0.2, 0) is 9.59 Å². The molecule has 2 amide bonds. The first-order chi connectivity index (χ1) is 6.77. The van der Waals surface area contributed by atoms with E-state index in [2.05, 4.69) is 11.8 Å². The van der Waals surface area contributed by atoms with Gasteiger partial charge in [0.05, 0.1) is 0 Å².